The van der Waals surface area contributed by atoms with Crippen LogP contribution in [-0.2, 0) is 11.3 Å². The Morgan fingerprint density at radius 2 is 1.97 bits per heavy atom. The van der Waals surface area contributed by atoms with Gasteiger partial charge in [0, 0.05) is 49.1 Å². The number of fused-ring (bicyclic) bond motifs is 1. The lowest BCUT2D eigenvalue weighted by Gasteiger charge is -2.32. The van der Waals surface area contributed by atoms with Crippen LogP contribution >= 0.6 is 11.6 Å². The minimum atomic E-state index is -0.486. The number of nitrogens with zero attached hydrogens (tertiary/aromatic N) is 5. The molecule has 1 saturated heterocycles. The van der Waals surface area contributed by atoms with E-state index in [9.17, 15) is 4.79 Å². The zero-order chi connectivity index (χ0) is 22.5. The number of H-pyrrole nitrogens is 1. The van der Waals surface area contributed by atoms with Crippen LogP contribution in [0.15, 0.2) is 18.6 Å². The number of halogens is 1. The lowest BCUT2D eigenvalue weighted by Crippen LogP contribution is -2.41. The van der Waals surface area contributed by atoms with Gasteiger partial charge in [0.05, 0.1) is 16.7 Å². The highest BCUT2D eigenvalue weighted by atomic mass is 35.5. The molecule has 170 valence electrons. The molecule has 1 saturated carbocycles. The first kappa shape index (κ1) is 21.2. The normalized spacial score (nSPS) is 17.8. The number of ether oxygens (including phenoxy) is 1. The molecule has 1 N–H and O–H groups in total. The predicted octanol–water partition coefficient (Wildman–Crippen LogP) is 5.00. The SMILES string of the molecule is CC(C)(C)OC(=O)N1CCC(c2nc3ncc(Cl)c(-c4cnn(CC5CC5)c4)c3[nH]2)CC1. The molecule has 3 aromatic rings. The predicted molar refractivity (Wildman–Crippen MR) is 123 cm³/mol. The van der Waals surface area contributed by atoms with Crippen molar-refractivity contribution in [3.63, 3.8) is 0 Å². The minimum Gasteiger partial charge on any atom is -0.444 e. The van der Waals surface area contributed by atoms with Crippen LogP contribution in [0.2, 0.25) is 5.02 Å². The van der Waals surface area contributed by atoms with Gasteiger partial charge < -0.3 is 14.6 Å². The molecule has 0 atom stereocenters. The molecule has 0 aromatic carbocycles. The third-order valence-corrected chi connectivity index (χ3v) is 6.38. The Bertz CT molecular complexity index is 1140. The van der Waals surface area contributed by atoms with Crippen LogP contribution in [0.1, 0.15) is 58.2 Å². The van der Waals surface area contributed by atoms with Gasteiger partial charge in [0.2, 0.25) is 0 Å². The number of pyridine rings is 1. The van der Waals surface area contributed by atoms with Crippen LogP contribution in [0.5, 0.6) is 0 Å². The summed E-state index contributed by atoms with van der Waals surface area (Å²) in [5.74, 6) is 1.87. The number of carbonyl (C=O) groups excluding carboxylic acids is 1. The van der Waals surface area contributed by atoms with Crippen LogP contribution in [0.4, 0.5) is 4.79 Å². The van der Waals surface area contributed by atoms with Gasteiger partial charge in [-0.1, -0.05) is 11.6 Å². The fourth-order valence-electron chi connectivity index (χ4n) is 4.25. The van der Waals surface area contributed by atoms with E-state index in [4.69, 9.17) is 21.3 Å². The highest BCUT2D eigenvalue weighted by molar-refractivity contribution is 6.34. The Morgan fingerprint density at radius 3 is 2.66 bits per heavy atom. The maximum absolute atomic E-state index is 12.4. The van der Waals surface area contributed by atoms with Gasteiger partial charge in [0.25, 0.3) is 0 Å². The van der Waals surface area contributed by atoms with Crippen LogP contribution in [-0.4, -0.2) is 54.4 Å². The van der Waals surface area contributed by atoms with Crippen LogP contribution in [0.3, 0.4) is 0 Å². The summed E-state index contributed by atoms with van der Waals surface area (Å²) in [6, 6.07) is 0. The lowest BCUT2D eigenvalue weighted by atomic mass is 9.96. The Balaban J connectivity index is 1.35. The summed E-state index contributed by atoms with van der Waals surface area (Å²) < 4.78 is 7.50. The van der Waals surface area contributed by atoms with E-state index >= 15 is 0 Å². The number of piperidine rings is 1. The van der Waals surface area contributed by atoms with Gasteiger partial charge in [-0.05, 0) is 52.4 Å². The molecular weight excluding hydrogens is 428 g/mol. The molecule has 0 bridgehead atoms. The number of nitrogens with one attached hydrogen (secondary N) is 1. The Kier molecular flexibility index (Phi) is 5.35. The summed E-state index contributed by atoms with van der Waals surface area (Å²) in [6.45, 7) is 7.90. The second-order valence-electron chi connectivity index (χ2n) is 9.94. The molecule has 0 unspecified atom stereocenters. The standard InChI is InChI=1S/C23H29ClN6O2/c1-23(2,3)32-22(31)29-8-6-15(7-9-29)20-27-19-18(17(24)11-25-21(19)28-20)16-10-26-30(13-16)12-14-4-5-14/h10-11,13-15H,4-9,12H2,1-3H3,(H,25,27,28). The number of likely N-dealkylation sites (tertiary alicyclic amines) is 1. The second-order valence-corrected chi connectivity index (χ2v) is 10.3. The van der Waals surface area contributed by atoms with E-state index in [0.717, 1.165) is 47.8 Å². The fraction of sp³-hybridized carbons (Fsp3) is 0.565. The summed E-state index contributed by atoms with van der Waals surface area (Å²) in [5.41, 5.74) is 2.87. The zero-order valence-corrected chi connectivity index (χ0v) is 19.5. The number of aromatic amines is 1. The minimum absolute atomic E-state index is 0.229. The van der Waals surface area contributed by atoms with Gasteiger partial charge in [-0.2, -0.15) is 5.10 Å². The van der Waals surface area contributed by atoms with Gasteiger partial charge in [-0.25, -0.2) is 14.8 Å². The van der Waals surface area contributed by atoms with Crippen molar-refractivity contribution in [3.05, 3.63) is 29.4 Å². The smallest absolute Gasteiger partial charge is 0.410 e. The van der Waals surface area contributed by atoms with Crippen molar-refractivity contribution in [2.75, 3.05) is 13.1 Å². The largest absolute Gasteiger partial charge is 0.444 e. The number of hydrogen-bond acceptors (Lipinski definition) is 5. The first-order chi connectivity index (χ1) is 15.3. The first-order valence-corrected chi connectivity index (χ1v) is 11.7. The van der Waals surface area contributed by atoms with Gasteiger partial charge in [0.1, 0.15) is 11.4 Å². The number of imidazole rings is 1. The van der Waals surface area contributed by atoms with Crippen LogP contribution in [0.25, 0.3) is 22.3 Å². The molecule has 2 aliphatic rings. The third kappa shape index (κ3) is 4.46. The molecule has 2 fully saturated rings. The Labute approximate surface area is 192 Å². The number of rotatable bonds is 4. The molecule has 8 nitrogen and oxygen atoms in total. The summed E-state index contributed by atoms with van der Waals surface area (Å²) in [7, 11) is 0. The van der Waals surface area contributed by atoms with Crippen molar-refractivity contribution in [3.8, 4) is 11.1 Å². The van der Waals surface area contributed by atoms with Gasteiger partial charge in [-0.15, -0.1) is 0 Å². The molecule has 3 aromatic heterocycles. The summed E-state index contributed by atoms with van der Waals surface area (Å²) >= 11 is 6.56. The average molecular weight is 457 g/mol. The van der Waals surface area contributed by atoms with E-state index in [1.807, 2.05) is 31.6 Å². The molecule has 32 heavy (non-hydrogen) atoms. The van der Waals surface area contributed by atoms with Crippen LogP contribution in [0, 0.1) is 5.92 Å². The van der Waals surface area contributed by atoms with Crippen molar-refractivity contribution in [1.82, 2.24) is 29.6 Å². The van der Waals surface area contributed by atoms with Gasteiger partial charge >= 0.3 is 6.09 Å². The molecule has 4 heterocycles. The molecule has 5 rings (SSSR count). The maximum Gasteiger partial charge on any atom is 0.410 e. The molecule has 0 radical (unpaired) electrons. The number of amides is 1. The van der Waals surface area contributed by atoms with Crippen molar-refractivity contribution in [1.29, 1.82) is 0 Å². The van der Waals surface area contributed by atoms with E-state index < -0.39 is 5.60 Å². The van der Waals surface area contributed by atoms with E-state index in [0.29, 0.717) is 23.8 Å². The van der Waals surface area contributed by atoms with Crippen molar-refractivity contribution in [2.45, 2.75) is 64.5 Å². The first-order valence-electron chi connectivity index (χ1n) is 11.3. The van der Waals surface area contributed by atoms with Gasteiger partial charge in [0.15, 0.2) is 5.65 Å². The number of carbonyl (C=O) groups is 1. The molecule has 1 amide bonds. The molecule has 9 heteroatoms. The maximum atomic E-state index is 12.4. The summed E-state index contributed by atoms with van der Waals surface area (Å²) in [4.78, 5) is 26.8. The van der Waals surface area contributed by atoms with Gasteiger partial charge in [-0.3, -0.25) is 4.68 Å². The number of hydrogen-bond donors (Lipinski definition) is 1. The second kappa shape index (κ2) is 8.06. The van der Waals surface area contributed by atoms with Crippen molar-refractivity contribution < 1.29 is 9.53 Å². The highest BCUT2D eigenvalue weighted by Gasteiger charge is 2.29. The highest BCUT2D eigenvalue weighted by Crippen LogP contribution is 2.36. The van der Waals surface area contributed by atoms with E-state index in [-0.39, 0.29) is 12.0 Å². The number of aromatic nitrogens is 5. The Morgan fingerprint density at radius 1 is 1.22 bits per heavy atom. The van der Waals surface area contributed by atoms with Crippen molar-refractivity contribution in [2.24, 2.45) is 5.92 Å². The van der Waals surface area contributed by atoms with E-state index in [1.54, 1.807) is 11.1 Å². The summed E-state index contributed by atoms with van der Waals surface area (Å²) in [6.07, 6.45) is 9.54. The summed E-state index contributed by atoms with van der Waals surface area (Å²) in [5, 5.41) is 5.10. The zero-order valence-electron chi connectivity index (χ0n) is 18.8. The van der Waals surface area contributed by atoms with Crippen LogP contribution < -0.4 is 0 Å². The third-order valence-electron chi connectivity index (χ3n) is 6.09. The molecular formula is C23H29ClN6O2. The topological polar surface area (TPSA) is 88.9 Å². The monoisotopic (exact) mass is 456 g/mol. The van der Waals surface area contributed by atoms with Crippen molar-refractivity contribution >= 4 is 28.9 Å². The molecule has 0 spiro atoms. The quantitative estimate of drug-likeness (QED) is 0.596. The lowest BCUT2D eigenvalue weighted by molar-refractivity contribution is 0.0203. The average Bonchev–Trinajstić information content (AvgIpc) is 3.26. The van der Waals surface area contributed by atoms with E-state index in [1.165, 1.54) is 12.8 Å². The van der Waals surface area contributed by atoms with E-state index in [2.05, 4.69) is 21.3 Å². The fourth-order valence-corrected chi connectivity index (χ4v) is 4.50. The Hall–Kier alpha value is -2.61. The molecule has 1 aliphatic heterocycles. The molecule has 1 aliphatic carbocycles.